The van der Waals surface area contributed by atoms with E-state index in [0.717, 1.165) is 36.8 Å². The Labute approximate surface area is 134 Å². The summed E-state index contributed by atoms with van der Waals surface area (Å²) in [6, 6.07) is 2.09. The van der Waals surface area contributed by atoms with Crippen LogP contribution in [0, 0.1) is 5.92 Å². The van der Waals surface area contributed by atoms with E-state index in [9.17, 15) is 0 Å². The maximum Gasteiger partial charge on any atom is 0.414 e. The third kappa shape index (κ3) is 4.92. The van der Waals surface area contributed by atoms with Gasteiger partial charge in [-0.05, 0) is 49.9 Å². The van der Waals surface area contributed by atoms with Crippen LogP contribution in [0.15, 0.2) is 16.2 Å². The summed E-state index contributed by atoms with van der Waals surface area (Å²) in [7, 11) is 0. The van der Waals surface area contributed by atoms with Gasteiger partial charge in [-0.3, -0.25) is 4.90 Å². The van der Waals surface area contributed by atoms with Crippen molar-refractivity contribution in [3.05, 3.63) is 23.1 Å². The normalized spacial score (nSPS) is 24.1. The summed E-state index contributed by atoms with van der Waals surface area (Å²) in [6.45, 7) is 5.85. The van der Waals surface area contributed by atoms with Gasteiger partial charge in [-0.15, -0.1) is 0 Å². The van der Waals surface area contributed by atoms with Crippen LogP contribution >= 0.6 is 0 Å². The molecule has 23 heavy (non-hydrogen) atoms. The van der Waals surface area contributed by atoms with Gasteiger partial charge < -0.3 is 14.7 Å². The molecule has 4 heterocycles. The van der Waals surface area contributed by atoms with Crippen molar-refractivity contribution in [3.8, 4) is 0 Å². The van der Waals surface area contributed by atoms with E-state index >= 15 is 0 Å². The van der Waals surface area contributed by atoms with E-state index in [0.29, 0.717) is 0 Å². The Morgan fingerprint density at radius 1 is 1.35 bits per heavy atom. The smallest absolute Gasteiger partial charge is 0.414 e. The van der Waals surface area contributed by atoms with E-state index in [1.54, 1.807) is 5.57 Å². The van der Waals surface area contributed by atoms with E-state index in [2.05, 4.69) is 29.1 Å². The van der Waals surface area contributed by atoms with Crippen LogP contribution in [0.25, 0.3) is 6.08 Å². The molecule has 3 aliphatic heterocycles. The zero-order valence-corrected chi connectivity index (χ0v) is 13.2. The Hall–Kier alpha value is -2.15. The van der Waals surface area contributed by atoms with E-state index in [1.165, 1.54) is 25.9 Å². The lowest BCUT2D eigenvalue weighted by Crippen LogP contribution is -2.42. The number of hydrogen-bond acceptors (Lipinski definition) is 5. The summed E-state index contributed by atoms with van der Waals surface area (Å²) >= 11 is 0. The van der Waals surface area contributed by atoms with Gasteiger partial charge in [-0.1, -0.05) is 18.5 Å². The number of carbonyl (C=O) groups is 2. The van der Waals surface area contributed by atoms with Crippen molar-refractivity contribution in [2.75, 3.05) is 19.6 Å². The van der Waals surface area contributed by atoms with Gasteiger partial charge in [0.05, 0.1) is 5.69 Å². The van der Waals surface area contributed by atoms with Gasteiger partial charge in [0, 0.05) is 12.6 Å². The lowest BCUT2D eigenvalue weighted by molar-refractivity contribution is -0.159. The number of nitrogens with zero attached hydrogens (tertiary/aromatic N) is 2. The van der Waals surface area contributed by atoms with Crippen molar-refractivity contribution >= 4 is 18.0 Å². The highest BCUT2D eigenvalue weighted by atomic mass is 16.5. The molecule has 2 N–H and O–H groups in total. The first-order valence-corrected chi connectivity index (χ1v) is 7.84. The van der Waals surface area contributed by atoms with E-state index in [4.69, 9.17) is 24.3 Å². The second kappa shape index (κ2) is 7.92. The number of aliphatic carboxylic acids is 2. The molecule has 0 amide bonds. The second-order valence-corrected chi connectivity index (χ2v) is 5.85. The van der Waals surface area contributed by atoms with Crippen LogP contribution in [0.3, 0.4) is 0 Å². The molecule has 0 spiro atoms. The molecule has 0 radical (unpaired) electrons. The summed E-state index contributed by atoms with van der Waals surface area (Å²) in [5.74, 6) is -1.91. The number of aryl methyl sites for hydroxylation is 1. The highest BCUT2D eigenvalue weighted by molar-refractivity contribution is 6.27. The third-order valence-corrected chi connectivity index (χ3v) is 4.11. The Morgan fingerprint density at radius 3 is 2.48 bits per heavy atom. The Morgan fingerprint density at radius 2 is 2.00 bits per heavy atom. The second-order valence-electron chi connectivity index (χ2n) is 5.85. The topological polar surface area (TPSA) is 104 Å². The SMILES string of the molecule is CCCc1cc(/C=C2\CN3CCC2CC3)on1.O=C(O)C(=O)O. The van der Waals surface area contributed by atoms with Crippen LogP contribution in [0.4, 0.5) is 0 Å². The standard InChI is InChI=1S/C14H20N2O.C2H2O4/c1-2-3-13-9-14(17-15-13)8-12-10-16-6-4-11(12)5-7-16;3-1(4)2(5)6/h8-9,11H,2-7,10H2,1H3;(H,3,4)(H,5,6)/b12-8+;. The molecule has 0 aromatic carbocycles. The fourth-order valence-electron chi connectivity index (χ4n) is 2.97. The maximum absolute atomic E-state index is 9.10. The van der Waals surface area contributed by atoms with Gasteiger partial charge in [0.25, 0.3) is 0 Å². The zero-order chi connectivity index (χ0) is 16.8. The lowest BCUT2D eigenvalue weighted by atomic mass is 9.83. The van der Waals surface area contributed by atoms with Crippen molar-refractivity contribution in [1.82, 2.24) is 10.1 Å². The van der Waals surface area contributed by atoms with Crippen LogP contribution < -0.4 is 0 Å². The first-order valence-electron chi connectivity index (χ1n) is 7.84. The molecule has 4 rings (SSSR count). The summed E-state index contributed by atoms with van der Waals surface area (Å²) in [4.78, 5) is 20.7. The van der Waals surface area contributed by atoms with E-state index < -0.39 is 11.9 Å². The summed E-state index contributed by atoms with van der Waals surface area (Å²) in [6.07, 6.45) is 7.01. The summed E-state index contributed by atoms with van der Waals surface area (Å²) in [5.41, 5.74) is 2.63. The third-order valence-electron chi connectivity index (χ3n) is 4.11. The number of rotatable bonds is 3. The minimum absolute atomic E-state index is 0.791. The van der Waals surface area contributed by atoms with Crippen molar-refractivity contribution in [2.45, 2.75) is 32.6 Å². The van der Waals surface area contributed by atoms with E-state index in [-0.39, 0.29) is 0 Å². The van der Waals surface area contributed by atoms with Crippen LogP contribution in [-0.2, 0) is 16.0 Å². The van der Waals surface area contributed by atoms with Gasteiger partial charge in [0.1, 0.15) is 0 Å². The fourth-order valence-corrected chi connectivity index (χ4v) is 2.97. The largest absolute Gasteiger partial charge is 0.473 e. The first kappa shape index (κ1) is 17.2. The van der Waals surface area contributed by atoms with Crippen LogP contribution in [0.2, 0.25) is 0 Å². The lowest BCUT2D eigenvalue weighted by Gasteiger charge is -2.40. The van der Waals surface area contributed by atoms with Crippen LogP contribution in [0.1, 0.15) is 37.6 Å². The number of aromatic nitrogens is 1. The van der Waals surface area contributed by atoms with Crippen molar-refractivity contribution in [3.63, 3.8) is 0 Å². The molecule has 0 saturated carbocycles. The molecule has 7 heteroatoms. The molecule has 7 nitrogen and oxygen atoms in total. The Balaban J connectivity index is 0.000000277. The Kier molecular flexibility index (Phi) is 5.92. The van der Waals surface area contributed by atoms with Gasteiger partial charge in [-0.25, -0.2) is 9.59 Å². The van der Waals surface area contributed by atoms with Crippen molar-refractivity contribution in [2.24, 2.45) is 5.92 Å². The number of carboxylic acid groups (broad SMARTS) is 2. The molecule has 3 aliphatic rings. The van der Waals surface area contributed by atoms with Gasteiger partial charge in [-0.2, -0.15) is 0 Å². The zero-order valence-electron chi connectivity index (χ0n) is 13.2. The molecule has 0 aliphatic carbocycles. The van der Waals surface area contributed by atoms with Crippen LogP contribution in [0.5, 0.6) is 0 Å². The predicted molar refractivity (Wildman–Crippen MR) is 82.9 cm³/mol. The highest BCUT2D eigenvalue weighted by Crippen LogP contribution is 2.32. The average molecular weight is 322 g/mol. The summed E-state index contributed by atoms with van der Waals surface area (Å²) < 4.78 is 5.38. The number of carboxylic acids is 2. The number of piperidine rings is 3. The number of hydrogen-bond donors (Lipinski definition) is 2. The van der Waals surface area contributed by atoms with Gasteiger partial charge in [0.2, 0.25) is 0 Å². The van der Waals surface area contributed by atoms with E-state index in [1.807, 2.05) is 0 Å². The van der Waals surface area contributed by atoms with Gasteiger partial charge >= 0.3 is 11.9 Å². The van der Waals surface area contributed by atoms with Crippen molar-refractivity contribution in [1.29, 1.82) is 0 Å². The average Bonchev–Trinajstić information content (AvgIpc) is 2.96. The molecular weight excluding hydrogens is 300 g/mol. The monoisotopic (exact) mass is 322 g/mol. The highest BCUT2D eigenvalue weighted by Gasteiger charge is 2.29. The van der Waals surface area contributed by atoms with Gasteiger partial charge in [0.15, 0.2) is 5.76 Å². The molecule has 2 bridgehead atoms. The minimum atomic E-state index is -1.82. The molecular formula is C16H22N2O5. The predicted octanol–water partition coefficient (Wildman–Crippen LogP) is 1.89. The molecule has 0 unspecified atom stereocenters. The first-order chi connectivity index (χ1) is 11.0. The quantitative estimate of drug-likeness (QED) is 0.819. The van der Waals surface area contributed by atoms with Crippen LogP contribution in [-0.4, -0.2) is 51.8 Å². The molecule has 3 saturated heterocycles. The Bertz CT molecular complexity index is 573. The molecule has 0 atom stereocenters. The summed E-state index contributed by atoms with van der Waals surface area (Å²) in [5, 5.41) is 18.9. The fraction of sp³-hybridized carbons (Fsp3) is 0.562. The van der Waals surface area contributed by atoms with Crippen molar-refractivity contribution < 1.29 is 24.3 Å². The molecule has 1 aromatic rings. The molecule has 1 aromatic heterocycles. The molecule has 3 fully saturated rings. The maximum atomic E-state index is 9.10. The minimum Gasteiger partial charge on any atom is -0.473 e. The number of fused-ring (bicyclic) bond motifs is 3. The molecule has 126 valence electrons.